The molecule has 0 fully saturated rings. The SMILES string of the molecule is C/C(=N/N=C(N)N)c1ncc[nH]1. The Bertz CT molecular complexity index is 292. The Labute approximate surface area is 69.4 Å². The smallest absolute Gasteiger partial charge is 0.211 e. The predicted octanol–water partition coefficient (Wildman–Crippen LogP) is -0.593. The van der Waals surface area contributed by atoms with Crippen LogP contribution in [0.25, 0.3) is 0 Å². The predicted molar refractivity (Wildman–Crippen MR) is 46.6 cm³/mol. The lowest BCUT2D eigenvalue weighted by Gasteiger charge is -1.90. The number of aromatic nitrogens is 2. The monoisotopic (exact) mass is 166 g/mol. The van der Waals surface area contributed by atoms with Crippen LogP contribution in [0, 0.1) is 0 Å². The first-order valence-corrected chi connectivity index (χ1v) is 3.33. The van der Waals surface area contributed by atoms with Crippen LogP contribution in [-0.4, -0.2) is 21.6 Å². The average Bonchev–Trinajstić information content (AvgIpc) is 2.51. The molecule has 0 amide bonds. The van der Waals surface area contributed by atoms with Gasteiger partial charge < -0.3 is 16.5 Å². The first kappa shape index (κ1) is 8.25. The summed E-state index contributed by atoms with van der Waals surface area (Å²) in [6.45, 7) is 1.76. The molecule has 12 heavy (non-hydrogen) atoms. The third kappa shape index (κ3) is 2.08. The van der Waals surface area contributed by atoms with Gasteiger partial charge in [-0.3, -0.25) is 0 Å². The first-order chi connectivity index (χ1) is 5.70. The van der Waals surface area contributed by atoms with Gasteiger partial charge in [0.15, 0.2) is 5.82 Å². The lowest BCUT2D eigenvalue weighted by Crippen LogP contribution is -2.22. The zero-order chi connectivity index (χ0) is 8.97. The van der Waals surface area contributed by atoms with Gasteiger partial charge in [-0.15, -0.1) is 10.2 Å². The average molecular weight is 166 g/mol. The van der Waals surface area contributed by atoms with E-state index in [1.165, 1.54) is 0 Å². The molecular formula is C6H10N6. The van der Waals surface area contributed by atoms with Crippen LogP contribution < -0.4 is 11.5 Å². The van der Waals surface area contributed by atoms with Crippen LogP contribution in [0.5, 0.6) is 0 Å². The molecule has 1 rings (SSSR count). The summed E-state index contributed by atoms with van der Waals surface area (Å²) in [7, 11) is 0. The maximum Gasteiger partial charge on any atom is 0.211 e. The number of nitrogens with zero attached hydrogens (tertiary/aromatic N) is 3. The van der Waals surface area contributed by atoms with Crippen molar-refractivity contribution in [1.29, 1.82) is 0 Å². The summed E-state index contributed by atoms with van der Waals surface area (Å²) in [6, 6.07) is 0. The molecule has 0 aliphatic rings. The topological polar surface area (TPSA) is 105 Å². The summed E-state index contributed by atoms with van der Waals surface area (Å²) >= 11 is 0. The molecule has 5 N–H and O–H groups in total. The van der Waals surface area contributed by atoms with Gasteiger partial charge in [0, 0.05) is 12.4 Å². The van der Waals surface area contributed by atoms with Crippen molar-refractivity contribution in [2.45, 2.75) is 6.92 Å². The maximum atomic E-state index is 5.08. The van der Waals surface area contributed by atoms with Gasteiger partial charge in [0.05, 0.1) is 0 Å². The highest BCUT2D eigenvalue weighted by molar-refractivity contribution is 5.95. The molecule has 1 heterocycles. The molecule has 0 saturated heterocycles. The Morgan fingerprint density at radius 3 is 2.75 bits per heavy atom. The molecule has 6 nitrogen and oxygen atoms in total. The standard InChI is InChI=1S/C6H10N6/c1-4(11-12-6(7)8)5-9-2-3-10-5/h2-3H,1H3,(H,9,10)(H4,7,8,12)/b11-4-. The van der Waals surface area contributed by atoms with E-state index in [0.717, 1.165) is 0 Å². The number of aromatic amines is 1. The molecule has 0 aliphatic heterocycles. The highest BCUT2D eigenvalue weighted by Crippen LogP contribution is 1.91. The molecule has 64 valence electrons. The van der Waals surface area contributed by atoms with E-state index in [-0.39, 0.29) is 5.96 Å². The van der Waals surface area contributed by atoms with Crippen molar-refractivity contribution in [2.24, 2.45) is 21.7 Å². The van der Waals surface area contributed by atoms with E-state index in [2.05, 4.69) is 20.2 Å². The van der Waals surface area contributed by atoms with Crippen molar-refractivity contribution >= 4 is 11.7 Å². The van der Waals surface area contributed by atoms with E-state index < -0.39 is 0 Å². The molecule has 0 saturated carbocycles. The highest BCUT2D eigenvalue weighted by Gasteiger charge is 1.96. The van der Waals surface area contributed by atoms with Crippen molar-refractivity contribution in [1.82, 2.24) is 9.97 Å². The van der Waals surface area contributed by atoms with Gasteiger partial charge in [0.1, 0.15) is 5.71 Å². The van der Waals surface area contributed by atoms with Crippen LogP contribution >= 0.6 is 0 Å². The second-order valence-electron chi connectivity index (χ2n) is 2.15. The zero-order valence-electron chi connectivity index (χ0n) is 6.65. The Hall–Kier alpha value is -1.85. The Kier molecular flexibility index (Phi) is 2.42. The summed E-state index contributed by atoms with van der Waals surface area (Å²) in [5.74, 6) is 0.584. The number of nitrogens with two attached hydrogens (primary N) is 2. The maximum absolute atomic E-state index is 5.08. The van der Waals surface area contributed by atoms with E-state index >= 15 is 0 Å². The molecule has 0 bridgehead atoms. The van der Waals surface area contributed by atoms with Gasteiger partial charge in [0.25, 0.3) is 0 Å². The largest absolute Gasteiger partial charge is 0.369 e. The van der Waals surface area contributed by atoms with Crippen molar-refractivity contribution in [3.8, 4) is 0 Å². The third-order valence-corrected chi connectivity index (χ3v) is 1.16. The van der Waals surface area contributed by atoms with Crippen molar-refractivity contribution in [2.75, 3.05) is 0 Å². The summed E-state index contributed by atoms with van der Waals surface area (Å²) in [6.07, 6.45) is 3.33. The fraction of sp³-hybridized carbons (Fsp3) is 0.167. The molecule has 0 unspecified atom stereocenters. The fourth-order valence-electron chi connectivity index (χ4n) is 0.643. The lowest BCUT2D eigenvalue weighted by molar-refractivity contribution is 1.16. The molecule has 1 aromatic heterocycles. The van der Waals surface area contributed by atoms with Crippen molar-refractivity contribution in [3.05, 3.63) is 18.2 Å². The summed E-state index contributed by atoms with van der Waals surface area (Å²) in [5, 5.41) is 7.21. The molecule has 0 radical (unpaired) electrons. The molecule has 6 heteroatoms. The molecular weight excluding hydrogens is 156 g/mol. The summed E-state index contributed by atoms with van der Waals surface area (Å²) < 4.78 is 0. The molecule has 0 atom stereocenters. The van der Waals surface area contributed by atoms with Crippen LogP contribution in [-0.2, 0) is 0 Å². The van der Waals surface area contributed by atoms with Gasteiger partial charge in [0.2, 0.25) is 5.96 Å². The first-order valence-electron chi connectivity index (χ1n) is 3.33. The minimum absolute atomic E-state index is 0.0686. The number of hydrogen-bond acceptors (Lipinski definition) is 3. The number of nitrogens with one attached hydrogen (secondary N) is 1. The van der Waals surface area contributed by atoms with Gasteiger partial charge in [-0.2, -0.15) is 0 Å². The molecule has 0 aromatic carbocycles. The number of guanidine groups is 1. The molecule has 0 spiro atoms. The van der Waals surface area contributed by atoms with Crippen LogP contribution in [0.2, 0.25) is 0 Å². The minimum Gasteiger partial charge on any atom is -0.369 e. The van der Waals surface area contributed by atoms with Crippen LogP contribution in [0.15, 0.2) is 22.6 Å². The summed E-state index contributed by atoms with van der Waals surface area (Å²) in [4.78, 5) is 6.82. The zero-order valence-corrected chi connectivity index (χ0v) is 6.65. The van der Waals surface area contributed by atoms with Gasteiger partial charge in [-0.05, 0) is 6.92 Å². The fourth-order valence-corrected chi connectivity index (χ4v) is 0.643. The van der Waals surface area contributed by atoms with Crippen LogP contribution in [0.3, 0.4) is 0 Å². The highest BCUT2D eigenvalue weighted by atomic mass is 15.3. The summed E-state index contributed by atoms with van der Waals surface area (Å²) in [5.41, 5.74) is 10.8. The normalized spacial score (nSPS) is 11.2. The van der Waals surface area contributed by atoms with E-state index in [1.807, 2.05) is 0 Å². The second-order valence-corrected chi connectivity index (χ2v) is 2.15. The lowest BCUT2D eigenvalue weighted by atomic mass is 10.4. The number of hydrogen-bond donors (Lipinski definition) is 3. The van der Waals surface area contributed by atoms with Crippen molar-refractivity contribution < 1.29 is 0 Å². The van der Waals surface area contributed by atoms with E-state index in [0.29, 0.717) is 11.5 Å². The Morgan fingerprint density at radius 2 is 2.25 bits per heavy atom. The molecule has 1 aromatic rings. The third-order valence-electron chi connectivity index (χ3n) is 1.16. The van der Waals surface area contributed by atoms with E-state index in [9.17, 15) is 0 Å². The van der Waals surface area contributed by atoms with Gasteiger partial charge >= 0.3 is 0 Å². The van der Waals surface area contributed by atoms with Gasteiger partial charge in [-0.25, -0.2) is 4.98 Å². The number of H-pyrrole nitrogens is 1. The van der Waals surface area contributed by atoms with E-state index in [4.69, 9.17) is 11.5 Å². The van der Waals surface area contributed by atoms with Crippen molar-refractivity contribution in [3.63, 3.8) is 0 Å². The van der Waals surface area contributed by atoms with Crippen LogP contribution in [0.1, 0.15) is 12.7 Å². The Morgan fingerprint density at radius 1 is 1.50 bits per heavy atom. The van der Waals surface area contributed by atoms with Crippen LogP contribution in [0.4, 0.5) is 0 Å². The number of imidazole rings is 1. The second kappa shape index (κ2) is 3.51. The Balaban J connectivity index is 2.78. The quantitative estimate of drug-likeness (QED) is 0.310. The molecule has 0 aliphatic carbocycles. The number of rotatable bonds is 2. The van der Waals surface area contributed by atoms with Gasteiger partial charge in [-0.1, -0.05) is 0 Å². The minimum atomic E-state index is -0.0686. The van der Waals surface area contributed by atoms with E-state index in [1.54, 1.807) is 19.3 Å².